The molecule has 0 N–H and O–H groups in total. The number of rotatable bonds is 6. The minimum atomic E-state index is -0.742. The van der Waals surface area contributed by atoms with Gasteiger partial charge < -0.3 is 14.2 Å². The number of aromatic nitrogens is 3. The van der Waals surface area contributed by atoms with E-state index in [0.29, 0.717) is 30.3 Å². The minimum absolute atomic E-state index is 0.00696. The number of imidazole rings is 1. The van der Waals surface area contributed by atoms with Crippen molar-refractivity contribution in [1.82, 2.24) is 19.4 Å². The molecule has 2 aromatic heterocycles. The third-order valence-corrected chi connectivity index (χ3v) is 5.66. The van der Waals surface area contributed by atoms with Gasteiger partial charge in [0.25, 0.3) is 5.91 Å². The molecule has 0 saturated carbocycles. The first-order valence-corrected chi connectivity index (χ1v) is 10.8. The van der Waals surface area contributed by atoms with Crippen LogP contribution in [-0.4, -0.2) is 51.6 Å². The number of amides is 1. The number of carbonyl (C=O) groups excluding carboxylic acids is 1. The fourth-order valence-electron chi connectivity index (χ4n) is 3.92. The van der Waals surface area contributed by atoms with Crippen molar-refractivity contribution in [2.24, 2.45) is 5.92 Å². The topological polar surface area (TPSA) is 60.2 Å². The predicted molar refractivity (Wildman–Crippen MR) is 115 cm³/mol. The van der Waals surface area contributed by atoms with E-state index >= 15 is 0 Å². The molecule has 164 valence electrons. The number of pyridine rings is 1. The second-order valence-electron chi connectivity index (χ2n) is 8.95. The Bertz CT molecular complexity index is 878. The summed E-state index contributed by atoms with van der Waals surface area (Å²) in [6, 6.07) is 1.58. The lowest BCUT2D eigenvalue weighted by atomic mass is 9.94. The number of ether oxygens (including phenoxy) is 1. The van der Waals surface area contributed by atoms with Crippen LogP contribution in [0.2, 0.25) is 0 Å². The van der Waals surface area contributed by atoms with Crippen molar-refractivity contribution in [3.63, 3.8) is 0 Å². The second kappa shape index (κ2) is 9.25. The highest BCUT2D eigenvalue weighted by Crippen LogP contribution is 2.29. The molecule has 30 heavy (non-hydrogen) atoms. The van der Waals surface area contributed by atoms with Gasteiger partial charge in [-0.3, -0.25) is 4.79 Å². The maximum atomic E-state index is 14.4. The molecule has 0 radical (unpaired) electrons. The van der Waals surface area contributed by atoms with Gasteiger partial charge in [-0.2, -0.15) is 4.39 Å². The summed E-state index contributed by atoms with van der Waals surface area (Å²) in [5, 5.41) is 0. The average molecular weight is 417 g/mol. The van der Waals surface area contributed by atoms with Crippen molar-refractivity contribution in [2.45, 2.75) is 59.4 Å². The van der Waals surface area contributed by atoms with Crippen LogP contribution in [0, 0.1) is 11.9 Å². The fourth-order valence-corrected chi connectivity index (χ4v) is 3.92. The molecule has 7 heteroatoms. The molecular weight excluding hydrogens is 383 g/mol. The molecule has 1 amide bonds. The molecule has 0 unspecified atom stereocenters. The van der Waals surface area contributed by atoms with E-state index in [1.807, 2.05) is 20.0 Å². The third-order valence-electron chi connectivity index (χ3n) is 5.66. The van der Waals surface area contributed by atoms with Crippen LogP contribution in [0.1, 0.15) is 63.6 Å². The standard InChI is InChI=1S/C23H33FN4O2/c1-6-27(7-2)21(29)18-12-17(13-25-20(18)24)19-15-28(22(26-19)23(3,4)5)14-16-8-10-30-11-9-16/h12-13,15-16H,6-11,14H2,1-5H3. The van der Waals surface area contributed by atoms with Gasteiger partial charge in [0.15, 0.2) is 0 Å². The largest absolute Gasteiger partial charge is 0.381 e. The monoisotopic (exact) mass is 416 g/mol. The number of hydrogen-bond donors (Lipinski definition) is 0. The first-order valence-electron chi connectivity index (χ1n) is 10.8. The smallest absolute Gasteiger partial charge is 0.258 e. The van der Waals surface area contributed by atoms with Gasteiger partial charge in [-0.25, -0.2) is 9.97 Å². The van der Waals surface area contributed by atoms with E-state index in [4.69, 9.17) is 9.72 Å². The molecule has 0 aromatic carbocycles. The van der Waals surface area contributed by atoms with Gasteiger partial charge in [0.2, 0.25) is 5.95 Å². The second-order valence-corrected chi connectivity index (χ2v) is 8.95. The molecule has 1 saturated heterocycles. The van der Waals surface area contributed by atoms with Crippen LogP contribution in [0.5, 0.6) is 0 Å². The SMILES string of the molecule is CCN(CC)C(=O)c1cc(-c2cn(CC3CCOCC3)c(C(C)(C)C)n2)cnc1F. The normalized spacial score (nSPS) is 15.4. The van der Waals surface area contributed by atoms with Crippen LogP contribution in [0.4, 0.5) is 4.39 Å². The quantitative estimate of drug-likeness (QED) is 0.659. The average Bonchev–Trinajstić information content (AvgIpc) is 3.14. The highest BCUT2D eigenvalue weighted by molar-refractivity contribution is 5.95. The molecule has 3 rings (SSSR count). The summed E-state index contributed by atoms with van der Waals surface area (Å²) in [5.41, 5.74) is 1.22. The maximum absolute atomic E-state index is 14.4. The summed E-state index contributed by atoms with van der Waals surface area (Å²) in [7, 11) is 0. The predicted octanol–water partition coefficient (Wildman–Crippen LogP) is 4.29. The van der Waals surface area contributed by atoms with Gasteiger partial charge in [0, 0.05) is 56.2 Å². The molecule has 6 nitrogen and oxygen atoms in total. The summed E-state index contributed by atoms with van der Waals surface area (Å²) in [4.78, 5) is 23.0. The molecule has 1 fully saturated rings. The van der Waals surface area contributed by atoms with Gasteiger partial charge in [-0.15, -0.1) is 0 Å². The van der Waals surface area contributed by atoms with Crippen molar-refractivity contribution in [3.8, 4) is 11.3 Å². The molecule has 0 atom stereocenters. The number of nitrogens with zero attached hydrogens (tertiary/aromatic N) is 4. The van der Waals surface area contributed by atoms with Crippen LogP contribution in [0.3, 0.4) is 0 Å². The fraction of sp³-hybridized carbons (Fsp3) is 0.609. The summed E-state index contributed by atoms with van der Waals surface area (Å²) < 4.78 is 22.1. The van der Waals surface area contributed by atoms with E-state index in [0.717, 1.165) is 38.4 Å². The van der Waals surface area contributed by atoms with E-state index in [2.05, 4.69) is 30.3 Å². The molecule has 0 aliphatic carbocycles. The van der Waals surface area contributed by atoms with Crippen molar-refractivity contribution >= 4 is 5.91 Å². The highest BCUT2D eigenvalue weighted by Gasteiger charge is 2.26. The van der Waals surface area contributed by atoms with E-state index < -0.39 is 5.95 Å². The molecule has 2 aromatic rings. The zero-order valence-corrected chi connectivity index (χ0v) is 18.7. The van der Waals surface area contributed by atoms with E-state index in [9.17, 15) is 9.18 Å². The zero-order chi connectivity index (χ0) is 21.9. The van der Waals surface area contributed by atoms with Crippen molar-refractivity contribution < 1.29 is 13.9 Å². The highest BCUT2D eigenvalue weighted by atomic mass is 19.1. The van der Waals surface area contributed by atoms with Crippen molar-refractivity contribution in [1.29, 1.82) is 0 Å². The van der Waals surface area contributed by atoms with Crippen molar-refractivity contribution in [3.05, 3.63) is 35.8 Å². The molecule has 1 aliphatic rings. The Hall–Kier alpha value is -2.28. The lowest BCUT2D eigenvalue weighted by Crippen LogP contribution is -2.31. The van der Waals surface area contributed by atoms with Crippen LogP contribution in [-0.2, 0) is 16.7 Å². The van der Waals surface area contributed by atoms with Crippen molar-refractivity contribution in [2.75, 3.05) is 26.3 Å². The molecule has 3 heterocycles. The van der Waals surface area contributed by atoms with Gasteiger partial charge in [-0.05, 0) is 38.7 Å². The number of carbonyl (C=O) groups is 1. The van der Waals surface area contributed by atoms with E-state index in [1.165, 1.54) is 6.20 Å². The van der Waals surface area contributed by atoms with Crippen LogP contribution in [0.25, 0.3) is 11.3 Å². The summed E-state index contributed by atoms with van der Waals surface area (Å²) in [6.07, 6.45) is 5.55. The van der Waals surface area contributed by atoms with Crippen LogP contribution >= 0.6 is 0 Å². The summed E-state index contributed by atoms with van der Waals surface area (Å²) >= 11 is 0. The third kappa shape index (κ3) is 4.89. The Balaban J connectivity index is 1.97. The summed E-state index contributed by atoms with van der Waals surface area (Å²) in [6.45, 7) is 13.7. The Kier molecular flexibility index (Phi) is 6.91. The zero-order valence-electron chi connectivity index (χ0n) is 18.7. The van der Waals surface area contributed by atoms with Gasteiger partial charge in [-0.1, -0.05) is 20.8 Å². The molecule has 1 aliphatic heterocycles. The van der Waals surface area contributed by atoms with Gasteiger partial charge in [0.1, 0.15) is 5.82 Å². The summed E-state index contributed by atoms with van der Waals surface area (Å²) in [5.74, 6) is 0.441. The van der Waals surface area contributed by atoms with Crippen LogP contribution in [0.15, 0.2) is 18.5 Å². The number of hydrogen-bond acceptors (Lipinski definition) is 4. The molecule has 0 spiro atoms. The Morgan fingerprint density at radius 1 is 1.27 bits per heavy atom. The maximum Gasteiger partial charge on any atom is 0.258 e. The van der Waals surface area contributed by atoms with Gasteiger partial charge >= 0.3 is 0 Å². The lowest BCUT2D eigenvalue weighted by molar-refractivity contribution is 0.0607. The van der Waals surface area contributed by atoms with Gasteiger partial charge in [0.05, 0.1) is 11.3 Å². The molecule has 0 bridgehead atoms. The lowest BCUT2D eigenvalue weighted by Gasteiger charge is -2.25. The Morgan fingerprint density at radius 3 is 2.53 bits per heavy atom. The molecular formula is C23H33FN4O2. The van der Waals surface area contributed by atoms with Crippen LogP contribution < -0.4 is 0 Å². The number of halogens is 1. The van der Waals surface area contributed by atoms with E-state index in [1.54, 1.807) is 11.0 Å². The Labute approximate surface area is 178 Å². The minimum Gasteiger partial charge on any atom is -0.381 e. The first kappa shape index (κ1) is 22.4. The van der Waals surface area contributed by atoms with E-state index in [-0.39, 0.29) is 16.9 Å². The first-order chi connectivity index (χ1) is 14.2. The Morgan fingerprint density at radius 2 is 1.93 bits per heavy atom.